The van der Waals surface area contributed by atoms with E-state index in [1.54, 1.807) is 24.3 Å². The fourth-order valence-electron chi connectivity index (χ4n) is 3.92. The first-order chi connectivity index (χ1) is 16.0. The second kappa shape index (κ2) is 10.2. The molecule has 33 heavy (non-hydrogen) atoms. The maximum absolute atomic E-state index is 12.4. The van der Waals surface area contributed by atoms with Gasteiger partial charge in [-0.15, -0.1) is 4.40 Å². The van der Waals surface area contributed by atoms with Crippen molar-refractivity contribution >= 4 is 21.8 Å². The quantitative estimate of drug-likeness (QED) is 0.430. The molecule has 176 valence electrons. The van der Waals surface area contributed by atoms with Crippen LogP contribution in [0.25, 0.3) is 0 Å². The predicted octanol–water partition coefficient (Wildman–Crippen LogP) is 3.26. The van der Waals surface area contributed by atoms with Crippen molar-refractivity contribution in [3.05, 3.63) is 54.1 Å². The number of fused-ring (bicyclic) bond motifs is 1. The van der Waals surface area contributed by atoms with E-state index in [0.717, 1.165) is 12.2 Å². The van der Waals surface area contributed by atoms with Gasteiger partial charge in [0, 0.05) is 18.7 Å². The van der Waals surface area contributed by atoms with Crippen LogP contribution in [0.4, 0.5) is 0 Å². The molecule has 0 N–H and O–H groups in total. The average molecular weight is 473 g/mol. The first kappa shape index (κ1) is 23.1. The van der Waals surface area contributed by atoms with Gasteiger partial charge in [0.15, 0.2) is 5.84 Å². The summed E-state index contributed by atoms with van der Waals surface area (Å²) in [6.45, 7) is 4.27. The lowest BCUT2D eigenvalue weighted by atomic mass is 9.96. The van der Waals surface area contributed by atoms with E-state index < -0.39 is 10.0 Å². The fourth-order valence-corrected chi connectivity index (χ4v) is 5.14. The number of carbonyl (C=O) groups excluding carboxylic acids is 1. The first-order valence-corrected chi connectivity index (χ1v) is 12.6. The Morgan fingerprint density at radius 2 is 1.61 bits per heavy atom. The Labute approximate surface area is 194 Å². The molecule has 0 aliphatic carbocycles. The van der Waals surface area contributed by atoms with Crippen LogP contribution in [0.15, 0.2) is 57.8 Å². The number of rotatable bonds is 8. The topological polar surface area (TPSA) is 94.5 Å². The van der Waals surface area contributed by atoms with Gasteiger partial charge in [-0.3, -0.25) is 4.79 Å². The lowest BCUT2D eigenvalue weighted by Crippen LogP contribution is -2.40. The third kappa shape index (κ3) is 5.47. The summed E-state index contributed by atoms with van der Waals surface area (Å²) in [6.07, 6.45) is 2.12. The van der Waals surface area contributed by atoms with Crippen molar-refractivity contribution in [3.63, 3.8) is 0 Å². The number of piperidine rings is 1. The van der Waals surface area contributed by atoms with E-state index in [1.165, 1.54) is 0 Å². The second-order valence-corrected chi connectivity index (χ2v) is 9.56. The highest BCUT2D eigenvalue weighted by Crippen LogP contribution is 2.30. The minimum atomic E-state index is -3.64. The highest BCUT2D eigenvalue weighted by Gasteiger charge is 2.34. The van der Waals surface area contributed by atoms with Crippen LogP contribution in [0, 0.1) is 5.92 Å². The molecule has 0 spiro atoms. The monoisotopic (exact) mass is 472 g/mol. The van der Waals surface area contributed by atoms with Crippen molar-refractivity contribution in [3.8, 4) is 11.5 Å². The molecule has 0 radical (unpaired) electrons. The molecule has 2 aliphatic heterocycles. The Morgan fingerprint density at radius 1 is 0.970 bits per heavy atom. The molecule has 0 bridgehead atoms. The van der Waals surface area contributed by atoms with E-state index in [4.69, 9.17) is 14.2 Å². The summed E-state index contributed by atoms with van der Waals surface area (Å²) in [6, 6.07) is 14.2. The summed E-state index contributed by atoms with van der Waals surface area (Å²) in [5.74, 6) is 1.49. The van der Waals surface area contributed by atoms with Gasteiger partial charge in [0.25, 0.3) is 10.0 Å². The lowest BCUT2D eigenvalue weighted by molar-refractivity contribution is -0.150. The number of amidine groups is 1. The maximum Gasteiger partial charge on any atom is 0.309 e. The highest BCUT2D eigenvalue weighted by atomic mass is 32.2. The predicted molar refractivity (Wildman–Crippen MR) is 123 cm³/mol. The van der Waals surface area contributed by atoms with Gasteiger partial charge in [0.2, 0.25) is 0 Å². The number of hydrogen-bond donors (Lipinski definition) is 0. The van der Waals surface area contributed by atoms with Gasteiger partial charge in [0.05, 0.1) is 12.5 Å². The van der Waals surface area contributed by atoms with Crippen LogP contribution in [0.5, 0.6) is 11.5 Å². The minimum absolute atomic E-state index is 0.172. The Morgan fingerprint density at radius 3 is 2.27 bits per heavy atom. The molecule has 1 saturated heterocycles. The van der Waals surface area contributed by atoms with Gasteiger partial charge in [-0.1, -0.05) is 19.1 Å². The number of esters is 1. The lowest BCUT2D eigenvalue weighted by Gasteiger charge is -2.32. The zero-order valence-electron chi connectivity index (χ0n) is 18.6. The third-order valence-corrected chi connectivity index (χ3v) is 6.96. The van der Waals surface area contributed by atoms with Crippen LogP contribution >= 0.6 is 0 Å². The Balaban J connectivity index is 1.20. The largest absolute Gasteiger partial charge is 0.494 e. The number of hydrogen-bond acceptors (Lipinski definition) is 7. The van der Waals surface area contributed by atoms with E-state index >= 15 is 0 Å². The Kier molecular flexibility index (Phi) is 7.17. The van der Waals surface area contributed by atoms with Crippen LogP contribution in [-0.2, 0) is 19.6 Å². The van der Waals surface area contributed by atoms with Crippen molar-refractivity contribution in [2.24, 2.45) is 10.3 Å². The number of nitrogens with zero attached hydrogens (tertiary/aromatic N) is 2. The van der Waals surface area contributed by atoms with E-state index in [0.29, 0.717) is 49.7 Å². The molecule has 4 rings (SSSR count). The molecule has 0 atom stereocenters. The average Bonchev–Trinajstić information content (AvgIpc) is 3.12. The molecule has 8 nitrogen and oxygen atoms in total. The van der Waals surface area contributed by atoms with Crippen LogP contribution in [-0.4, -0.2) is 58.0 Å². The summed E-state index contributed by atoms with van der Waals surface area (Å²) < 4.78 is 45.1. The van der Waals surface area contributed by atoms with Crippen LogP contribution in [0.2, 0.25) is 0 Å². The molecule has 0 saturated carbocycles. The molecular weight excluding hydrogens is 444 g/mol. The van der Waals surface area contributed by atoms with Crippen LogP contribution < -0.4 is 9.47 Å². The standard InChI is InChI=1S/C24H28N2O6S/c1-2-15-30-19-7-9-20(10-8-19)31-16-17-32-24(27)18-11-13-26(14-12-18)23-21-5-3-4-6-22(21)33(28,29)25-23/h3-10,18H,2,11-17H2,1H3. The molecule has 2 heterocycles. The van der Waals surface area contributed by atoms with Gasteiger partial charge >= 0.3 is 5.97 Å². The van der Waals surface area contributed by atoms with Gasteiger partial charge in [-0.2, -0.15) is 8.42 Å². The van der Waals surface area contributed by atoms with E-state index in [2.05, 4.69) is 11.3 Å². The van der Waals surface area contributed by atoms with Crippen molar-refractivity contribution < 1.29 is 27.4 Å². The molecule has 2 aliphatic rings. The summed E-state index contributed by atoms with van der Waals surface area (Å²) in [4.78, 5) is 14.6. The summed E-state index contributed by atoms with van der Waals surface area (Å²) in [5.41, 5.74) is 0.626. The zero-order valence-corrected chi connectivity index (χ0v) is 19.4. The van der Waals surface area contributed by atoms with E-state index in [-0.39, 0.29) is 30.0 Å². The second-order valence-electron chi connectivity index (χ2n) is 7.98. The summed E-state index contributed by atoms with van der Waals surface area (Å²) in [5, 5.41) is 0. The molecule has 9 heteroatoms. The number of ether oxygens (including phenoxy) is 3. The van der Waals surface area contributed by atoms with Gasteiger partial charge in [-0.25, -0.2) is 0 Å². The third-order valence-electron chi connectivity index (χ3n) is 5.63. The number of benzene rings is 2. The molecule has 0 aromatic heterocycles. The number of sulfonamides is 1. The summed E-state index contributed by atoms with van der Waals surface area (Å²) in [7, 11) is -3.64. The zero-order chi connectivity index (χ0) is 23.3. The van der Waals surface area contributed by atoms with E-state index in [1.807, 2.05) is 29.2 Å². The molecule has 1 fully saturated rings. The first-order valence-electron chi connectivity index (χ1n) is 11.2. The van der Waals surface area contributed by atoms with Gasteiger partial charge < -0.3 is 19.1 Å². The number of carbonyl (C=O) groups is 1. The van der Waals surface area contributed by atoms with Crippen molar-refractivity contribution in [2.45, 2.75) is 31.1 Å². The molecule has 2 aromatic carbocycles. The minimum Gasteiger partial charge on any atom is -0.494 e. The van der Waals surface area contributed by atoms with Gasteiger partial charge in [-0.05, 0) is 55.7 Å². The Bertz CT molecular complexity index is 1110. The van der Waals surface area contributed by atoms with E-state index in [9.17, 15) is 13.2 Å². The molecular formula is C24H28N2O6S. The molecule has 2 aromatic rings. The van der Waals surface area contributed by atoms with Crippen molar-refractivity contribution in [2.75, 3.05) is 32.9 Å². The fraction of sp³-hybridized carbons (Fsp3) is 0.417. The van der Waals surface area contributed by atoms with Crippen molar-refractivity contribution in [1.82, 2.24) is 4.90 Å². The normalized spacial score (nSPS) is 17.2. The smallest absolute Gasteiger partial charge is 0.309 e. The molecule has 0 amide bonds. The SMILES string of the molecule is CCCOc1ccc(OCCOC(=O)C2CCN(C3=NS(=O)(=O)c4ccccc43)CC2)cc1. The Hall–Kier alpha value is -3.07. The summed E-state index contributed by atoms with van der Waals surface area (Å²) >= 11 is 0. The van der Waals surface area contributed by atoms with Crippen molar-refractivity contribution in [1.29, 1.82) is 0 Å². The maximum atomic E-state index is 12.4. The highest BCUT2D eigenvalue weighted by molar-refractivity contribution is 7.90. The number of likely N-dealkylation sites (tertiary alicyclic amines) is 1. The molecule has 0 unspecified atom stereocenters. The van der Waals surface area contributed by atoms with Crippen LogP contribution in [0.3, 0.4) is 0 Å². The van der Waals surface area contributed by atoms with Crippen LogP contribution in [0.1, 0.15) is 31.7 Å². The van der Waals surface area contributed by atoms with Gasteiger partial charge in [0.1, 0.15) is 29.6 Å².